The molecule has 0 atom stereocenters. The van der Waals surface area contributed by atoms with Gasteiger partial charge in [-0.05, 0) is 26.0 Å². The minimum Gasteiger partial charge on any atom is -0.461 e. The van der Waals surface area contributed by atoms with Gasteiger partial charge in [-0.25, -0.2) is 9.50 Å². The largest absolute Gasteiger partial charge is 0.461 e. The molecule has 3 rings (SSSR count). The number of nitrogens with zero attached hydrogens (tertiary/aromatic N) is 4. The highest BCUT2D eigenvalue weighted by Crippen LogP contribution is 2.17. The van der Waals surface area contributed by atoms with Crippen molar-refractivity contribution in [2.75, 3.05) is 0 Å². The Morgan fingerprint density at radius 3 is 2.88 bits per heavy atom. The molecular weight excluding hydrogens is 204 g/mol. The van der Waals surface area contributed by atoms with Gasteiger partial charge in [-0.2, -0.15) is 0 Å². The van der Waals surface area contributed by atoms with E-state index in [9.17, 15) is 0 Å². The summed E-state index contributed by atoms with van der Waals surface area (Å²) in [5, 5.41) is 4.35. The first kappa shape index (κ1) is 9.08. The Morgan fingerprint density at radius 2 is 2.12 bits per heavy atom. The average Bonchev–Trinajstić information content (AvgIpc) is 2.82. The van der Waals surface area contributed by atoms with Crippen LogP contribution < -0.4 is 0 Å². The molecule has 0 amide bonds. The highest BCUT2D eigenvalue weighted by atomic mass is 16.3. The van der Waals surface area contributed by atoms with Crippen LogP contribution in [-0.2, 0) is 0 Å². The highest BCUT2D eigenvalue weighted by molar-refractivity contribution is 5.53. The predicted octanol–water partition coefficient (Wildman–Crippen LogP) is 2.00. The summed E-state index contributed by atoms with van der Waals surface area (Å²) in [4.78, 5) is 8.73. The van der Waals surface area contributed by atoms with E-state index in [-0.39, 0.29) is 0 Å². The van der Waals surface area contributed by atoms with Crippen molar-refractivity contribution in [3.05, 3.63) is 36.0 Å². The van der Waals surface area contributed by atoms with E-state index in [4.69, 9.17) is 4.42 Å². The quantitative estimate of drug-likeness (QED) is 0.621. The first-order valence-electron chi connectivity index (χ1n) is 4.98. The van der Waals surface area contributed by atoms with Crippen LogP contribution in [0.5, 0.6) is 0 Å². The fraction of sp³-hybridized carbons (Fsp3) is 0.182. The van der Waals surface area contributed by atoms with Gasteiger partial charge in [-0.15, -0.1) is 5.10 Å². The van der Waals surface area contributed by atoms with Crippen LogP contribution in [0.4, 0.5) is 0 Å². The molecule has 3 heterocycles. The lowest BCUT2D eigenvalue weighted by Crippen LogP contribution is -1.95. The summed E-state index contributed by atoms with van der Waals surface area (Å²) in [7, 11) is 0. The molecule has 3 aromatic heterocycles. The molecule has 0 fully saturated rings. The lowest BCUT2D eigenvalue weighted by molar-refractivity contribution is 0.577. The third-order valence-corrected chi connectivity index (χ3v) is 2.35. The van der Waals surface area contributed by atoms with Crippen molar-refractivity contribution in [3.8, 4) is 11.6 Å². The molecule has 0 aromatic carbocycles. The number of hydrogen-bond donors (Lipinski definition) is 0. The molecule has 5 heteroatoms. The predicted molar refractivity (Wildman–Crippen MR) is 58.0 cm³/mol. The van der Waals surface area contributed by atoms with Crippen molar-refractivity contribution in [2.45, 2.75) is 13.8 Å². The molecule has 16 heavy (non-hydrogen) atoms. The summed E-state index contributed by atoms with van der Waals surface area (Å²) in [6.07, 6.45) is 3.46. The number of furan rings is 1. The lowest BCUT2D eigenvalue weighted by atomic mass is 10.4. The summed E-state index contributed by atoms with van der Waals surface area (Å²) in [5.74, 6) is 1.25. The molecule has 0 N–H and O–H groups in total. The maximum Gasteiger partial charge on any atom is 0.217 e. The van der Waals surface area contributed by atoms with Crippen LogP contribution in [0.1, 0.15) is 11.4 Å². The molecule has 0 saturated heterocycles. The van der Waals surface area contributed by atoms with Gasteiger partial charge in [0.25, 0.3) is 0 Å². The fourth-order valence-electron chi connectivity index (χ4n) is 1.69. The third kappa shape index (κ3) is 1.29. The smallest absolute Gasteiger partial charge is 0.217 e. The van der Waals surface area contributed by atoms with E-state index in [0.29, 0.717) is 11.6 Å². The second kappa shape index (κ2) is 3.16. The van der Waals surface area contributed by atoms with E-state index >= 15 is 0 Å². The molecule has 0 radical (unpaired) electrons. The number of aromatic nitrogens is 4. The molecule has 5 nitrogen and oxygen atoms in total. The van der Waals surface area contributed by atoms with Crippen molar-refractivity contribution < 1.29 is 4.42 Å². The Hall–Kier alpha value is -2.17. The van der Waals surface area contributed by atoms with E-state index in [1.807, 2.05) is 32.2 Å². The summed E-state index contributed by atoms with van der Waals surface area (Å²) >= 11 is 0. The minimum atomic E-state index is 0.584. The number of fused-ring (bicyclic) bond motifs is 1. The van der Waals surface area contributed by atoms with Crippen molar-refractivity contribution in [1.82, 2.24) is 19.6 Å². The Bertz CT molecular complexity index is 639. The van der Waals surface area contributed by atoms with Gasteiger partial charge in [0.1, 0.15) is 0 Å². The second-order valence-electron chi connectivity index (χ2n) is 3.65. The maximum atomic E-state index is 5.26. The second-order valence-corrected chi connectivity index (χ2v) is 3.65. The summed E-state index contributed by atoms with van der Waals surface area (Å²) in [6.45, 7) is 3.85. The molecule has 80 valence electrons. The zero-order valence-electron chi connectivity index (χ0n) is 9.01. The summed E-state index contributed by atoms with van der Waals surface area (Å²) < 4.78 is 6.99. The lowest BCUT2D eigenvalue weighted by Gasteiger charge is -1.96. The Labute approximate surface area is 91.8 Å². The van der Waals surface area contributed by atoms with Crippen molar-refractivity contribution in [1.29, 1.82) is 0 Å². The molecule has 0 saturated carbocycles. The van der Waals surface area contributed by atoms with E-state index < -0.39 is 0 Å². The minimum absolute atomic E-state index is 0.584. The van der Waals surface area contributed by atoms with Crippen LogP contribution in [0, 0.1) is 13.8 Å². The van der Waals surface area contributed by atoms with Crippen LogP contribution in [0.25, 0.3) is 17.2 Å². The standard InChI is InChI=1S/C11H10N4O/c1-7-6-15-11(8(2)12-7)13-10(14-15)9-4-3-5-16-9/h3-6H,1-2H3. The Balaban J connectivity index is 2.27. The van der Waals surface area contributed by atoms with E-state index in [1.54, 1.807) is 10.8 Å². The van der Waals surface area contributed by atoms with Gasteiger partial charge in [-0.3, -0.25) is 4.98 Å². The van der Waals surface area contributed by atoms with E-state index in [2.05, 4.69) is 15.1 Å². The molecular formula is C11H10N4O. The Kier molecular flexibility index (Phi) is 1.80. The monoisotopic (exact) mass is 214 g/mol. The van der Waals surface area contributed by atoms with Gasteiger partial charge in [0, 0.05) is 0 Å². The van der Waals surface area contributed by atoms with Gasteiger partial charge >= 0.3 is 0 Å². The van der Waals surface area contributed by atoms with Gasteiger partial charge in [0.2, 0.25) is 5.82 Å². The van der Waals surface area contributed by atoms with Crippen LogP contribution in [-0.4, -0.2) is 19.6 Å². The number of rotatable bonds is 1. The van der Waals surface area contributed by atoms with Crippen LogP contribution in [0.2, 0.25) is 0 Å². The molecule has 3 aromatic rings. The third-order valence-electron chi connectivity index (χ3n) is 2.35. The molecule has 0 bridgehead atoms. The van der Waals surface area contributed by atoms with Crippen LogP contribution in [0.15, 0.2) is 29.0 Å². The highest BCUT2D eigenvalue weighted by Gasteiger charge is 2.10. The average molecular weight is 214 g/mol. The molecule has 0 spiro atoms. The summed E-state index contributed by atoms with van der Waals surface area (Å²) in [6, 6.07) is 3.65. The molecule has 0 aliphatic carbocycles. The van der Waals surface area contributed by atoms with E-state index in [0.717, 1.165) is 17.0 Å². The van der Waals surface area contributed by atoms with Crippen LogP contribution in [0.3, 0.4) is 0 Å². The van der Waals surface area contributed by atoms with Gasteiger partial charge in [-0.1, -0.05) is 0 Å². The first-order chi connectivity index (χ1) is 7.74. The maximum absolute atomic E-state index is 5.26. The van der Waals surface area contributed by atoms with Gasteiger partial charge < -0.3 is 4.42 Å². The van der Waals surface area contributed by atoms with Crippen LogP contribution >= 0.6 is 0 Å². The van der Waals surface area contributed by atoms with E-state index in [1.165, 1.54) is 0 Å². The zero-order valence-corrected chi connectivity index (χ0v) is 9.01. The summed E-state index contributed by atoms with van der Waals surface area (Å²) in [5.41, 5.74) is 2.54. The fourth-order valence-corrected chi connectivity index (χ4v) is 1.69. The first-order valence-corrected chi connectivity index (χ1v) is 4.98. The van der Waals surface area contributed by atoms with Gasteiger partial charge in [0.05, 0.1) is 23.8 Å². The molecule has 0 aliphatic rings. The van der Waals surface area contributed by atoms with Crippen molar-refractivity contribution in [3.63, 3.8) is 0 Å². The van der Waals surface area contributed by atoms with Gasteiger partial charge in [0.15, 0.2) is 11.4 Å². The van der Waals surface area contributed by atoms with Crippen molar-refractivity contribution in [2.24, 2.45) is 0 Å². The molecule has 0 aliphatic heterocycles. The zero-order chi connectivity index (χ0) is 11.1. The number of aryl methyl sites for hydroxylation is 2. The normalized spacial score (nSPS) is 11.1. The number of hydrogen-bond acceptors (Lipinski definition) is 4. The topological polar surface area (TPSA) is 56.2 Å². The van der Waals surface area contributed by atoms with Crippen molar-refractivity contribution >= 4 is 5.65 Å². The SMILES string of the molecule is Cc1cn2nc(-c3ccco3)nc2c(C)n1. The molecule has 0 unspecified atom stereocenters. The Morgan fingerprint density at radius 1 is 1.25 bits per heavy atom.